The molecule has 0 radical (unpaired) electrons. The third kappa shape index (κ3) is 3.32. The van der Waals surface area contributed by atoms with Gasteiger partial charge in [-0.05, 0) is 68.9 Å². The number of nitrogens with one attached hydrogen (secondary N) is 1. The van der Waals surface area contributed by atoms with Gasteiger partial charge in [0.15, 0.2) is 0 Å². The molecule has 0 spiro atoms. The van der Waals surface area contributed by atoms with Crippen LogP contribution >= 0.6 is 0 Å². The topological polar surface area (TPSA) is 15.3 Å². The van der Waals surface area contributed by atoms with Gasteiger partial charge in [0.05, 0.1) is 0 Å². The summed E-state index contributed by atoms with van der Waals surface area (Å²) in [5, 5.41) is 3.89. The Balaban J connectivity index is 1.60. The zero-order valence-corrected chi connectivity index (χ0v) is 14.5. The van der Waals surface area contributed by atoms with E-state index in [0.29, 0.717) is 5.41 Å². The summed E-state index contributed by atoms with van der Waals surface area (Å²) >= 11 is 0. The number of rotatable bonds is 5. The first-order chi connectivity index (χ1) is 10.1. The summed E-state index contributed by atoms with van der Waals surface area (Å²) in [5.41, 5.74) is 0.492. The van der Waals surface area contributed by atoms with Crippen LogP contribution in [0.25, 0.3) is 0 Å². The molecule has 4 unspecified atom stereocenters. The van der Waals surface area contributed by atoms with Crippen molar-refractivity contribution in [2.75, 3.05) is 19.6 Å². The van der Waals surface area contributed by atoms with Gasteiger partial charge in [0.25, 0.3) is 0 Å². The van der Waals surface area contributed by atoms with E-state index in [-0.39, 0.29) is 0 Å². The average Bonchev–Trinajstić information content (AvgIpc) is 3.00. The minimum absolute atomic E-state index is 0.492. The molecule has 0 amide bonds. The molecule has 0 aromatic rings. The molecule has 3 rings (SSSR count). The van der Waals surface area contributed by atoms with Gasteiger partial charge < -0.3 is 5.32 Å². The van der Waals surface area contributed by atoms with Crippen molar-refractivity contribution in [3.05, 3.63) is 0 Å². The number of likely N-dealkylation sites (tertiary alicyclic amines) is 1. The largest absolute Gasteiger partial charge is 0.313 e. The Bertz CT molecular complexity index is 338. The Hall–Kier alpha value is -0.0800. The van der Waals surface area contributed by atoms with Gasteiger partial charge in [-0.15, -0.1) is 0 Å². The molecule has 1 N–H and O–H groups in total. The van der Waals surface area contributed by atoms with Crippen LogP contribution in [0.5, 0.6) is 0 Å². The van der Waals surface area contributed by atoms with Gasteiger partial charge in [-0.25, -0.2) is 0 Å². The SMILES string of the molecule is CCCNC1C(CN2CCC3CCCCC32)CCC1(C)C. The molecule has 122 valence electrons. The lowest BCUT2D eigenvalue weighted by Gasteiger charge is -2.37. The summed E-state index contributed by atoms with van der Waals surface area (Å²) < 4.78 is 0. The summed E-state index contributed by atoms with van der Waals surface area (Å²) in [6, 6.07) is 1.68. The smallest absolute Gasteiger partial charge is 0.0159 e. The van der Waals surface area contributed by atoms with Crippen molar-refractivity contribution in [2.24, 2.45) is 17.3 Å². The molecule has 21 heavy (non-hydrogen) atoms. The van der Waals surface area contributed by atoms with Gasteiger partial charge >= 0.3 is 0 Å². The van der Waals surface area contributed by atoms with Gasteiger partial charge in [0.1, 0.15) is 0 Å². The average molecular weight is 293 g/mol. The quantitative estimate of drug-likeness (QED) is 0.822. The first-order valence-electron chi connectivity index (χ1n) is 9.59. The van der Waals surface area contributed by atoms with Gasteiger partial charge in [0, 0.05) is 18.6 Å². The highest BCUT2D eigenvalue weighted by atomic mass is 15.2. The summed E-state index contributed by atoms with van der Waals surface area (Å²) in [4.78, 5) is 2.89. The van der Waals surface area contributed by atoms with Crippen molar-refractivity contribution in [1.82, 2.24) is 10.2 Å². The first-order valence-corrected chi connectivity index (χ1v) is 9.59. The van der Waals surface area contributed by atoms with Crippen LogP contribution < -0.4 is 5.32 Å². The predicted octanol–water partition coefficient (Wildman–Crippen LogP) is 4.06. The summed E-state index contributed by atoms with van der Waals surface area (Å²) in [5.74, 6) is 1.92. The highest BCUT2D eigenvalue weighted by Crippen LogP contribution is 2.43. The Morgan fingerprint density at radius 3 is 2.71 bits per heavy atom. The van der Waals surface area contributed by atoms with E-state index < -0.39 is 0 Å². The molecule has 1 saturated heterocycles. The fourth-order valence-electron chi connectivity index (χ4n) is 5.49. The van der Waals surface area contributed by atoms with Crippen LogP contribution in [-0.4, -0.2) is 36.6 Å². The lowest BCUT2D eigenvalue weighted by molar-refractivity contribution is 0.140. The minimum Gasteiger partial charge on any atom is -0.313 e. The monoisotopic (exact) mass is 292 g/mol. The molecule has 1 aliphatic heterocycles. The van der Waals surface area contributed by atoms with E-state index in [0.717, 1.165) is 23.9 Å². The zero-order chi connectivity index (χ0) is 14.9. The van der Waals surface area contributed by atoms with Crippen LogP contribution in [0.3, 0.4) is 0 Å². The second kappa shape index (κ2) is 6.58. The summed E-state index contributed by atoms with van der Waals surface area (Å²) in [6.45, 7) is 11.2. The maximum atomic E-state index is 3.89. The van der Waals surface area contributed by atoms with Gasteiger partial charge in [-0.2, -0.15) is 0 Å². The normalized spacial score (nSPS) is 39.6. The Kier molecular flexibility index (Phi) is 4.95. The minimum atomic E-state index is 0.492. The van der Waals surface area contributed by atoms with Crippen LogP contribution in [0.15, 0.2) is 0 Å². The van der Waals surface area contributed by atoms with Crippen molar-refractivity contribution in [1.29, 1.82) is 0 Å². The molecule has 2 saturated carbocycles. The maximum Gasteiger partial charge on any atom is 0.0159 e. The molecule has 2 aliphatic carbocycles. The van der Waals surface area contributed by atoms with Crippen molar-refractivity contribution in [2.45, 2.75) is 84.2 Å². The standard InChI is InChI=1S/C19H36N2/c1-4-12-20-18-16(9-11-19(18,2)3)14-21-13-10-15-7-5-6-8-17(15)21/h15-18,20H,4-14H2,1-3H3. The van der Waals surface area contributed by atoms with Gasteiger partial charge in [0.2, 0.25) is 0 Å². The Labute approximate surface area is 132 Å². The van der Waals surface area contributed by atoms with E-state index in [1.807, 2.05) is 0 Å². The molecule has 2 nitrogen and oxygen atoms in total. The predicted molar refractivity (Wildman–Crippen MR) is 90.5 cm³/mol. The van der Waals surface area contributed by atoms with E-state index in [1.165, 1.54) is 71.0 Å². The molecule has 1 heterocycles. The Morgan fingerprint density at radius 1 is 1.10 bits per heavy atom. The second-order valence-electron chi connectivity index (χ2n) is 8.61. The van der Waals surface area contributed by atoms with Crippen molar-refractivity contribution >= 4 is 0 Å². The van der Waals surface area contributed by atoms with Crippen LogP contribution in [0.2, 0.25) is 0 Å². The molecular formula is C19H36N2. The summed E-state index contributed by atoms with van der Waals surface area (Å²) in [6.07, 6.45) is 11.5. The number of fused-ring (bicyclic) bond motifs is 1. The third-order valence-corrected chi connectivity index (χ3v) is 6.68. The third-order valence-electron chi connectivity index (χ3n) is 6.68. The van der Waals surface area contributed by atoms with E-state index in [4.69, 9.17) is 0 Å². The fourth-order valence-corrected chi connectivity index (χ4v) is 5.49. The highest BCUT2D eigenvalue weighted by Gasteiger charge is 2.44. The molecule has 4 atom stereocenters. The highest BCUT2D eigenvalue weighted by molar-refractivity contribution is 4.99. The van der Waals surface area contributed by atoms with E-state index in [2.05, 4.69) is 31.0 Å². The molecule has 3 aliphatic rings. The number of nitrogens with zero attached hydrogens (tertiary/aromatic N) is 1. The number of hydrogen-bond acceptors (Lipinski definition) is 2. The molecular weight excluding hydrogens is 256 g/mol. The van der Waals surface area contributed by atoms with Crippen LogP contribution in [0.1, 0.15) is 72.1 Å². The fraction of sp³-hybridized carbons (Fsp3) is 1.00. The molecule has 2 heteroatoms. The van der Waals surface area contributed by atoms with Crippen molar-refractivity contribution in [3.63, 3.8) is 0 Å². The van der Waals surface area contributed by atoms with Crippen LogP contribution in [-0.2, 0) is 0 Å². The second-order valence-corrected chi connectivity index (χ2v) is 8.61. The summed E-state index contributed by atoms with van der Waals surface area (Å²) in [7, 11) is 0. The van der Waals surface area contributed by atoms with Gasteiger partial charge in [-0.1, -0.05) is 33.6 Å². The lowest BCUT2D eigenvalue weighted by atomic mass is 9.83. The van der Waals surface area contributed by atoms with Crippen LogP contribution in [0, 0.1) is 17.3 Å². The van der Waals surface area contributed by atoms with Crippen molar-refractivity contribution < 1.29 is 0 Å². The molecule has 0 bridgehead atoms. The van der Waals surface area contributed by atoms with E-state index in [9.17, 15) is 0 Å². The van der Waals surface area contributed by atoms with Crippen molar-refractivity contribution in [3.8, 4) is 0 Å². The lowest BCUT2D eigenvalue weighted by Crippen LogP contribution is -2.47. The first kappa shape index (κ1) is 15.8. The van der Waals surface area contributed by atoms with Crippen LogP contribution in [0.4, 0.5) is 0 Å². The molecule has 3 fully saturated rings. The maximum absolute atomic E-state index is 3.89. The number of hydrogen-bond donors (Lipinski definition) is 1. The van der Waals surface area contributed by atoms with E-state index >= 15 is 0 Å². The van der Waals surface area contributed by atoms with E-state index in [1.54, 1.807) is 0 Å². The zero-order valence-electron chi connectivity index (χ0n) is 14.5. The molecule has 0 aromatic heterocycles. The van der Waals surface area contributed by atoms with Gasteiger partial charge in [-0.3, -0.25) is 4.90 Å². The Morgan fingerprint density at radius 2 is 1.90 bits per heavy atom. The molecule has 0 aromatic carbocycles.